The van der Waals surface area contributed by atoms with E-state index in [4.69, 9.17) is 9.15 Å². The van der Waals surface area contributed by atoms with Gasteiger partial charge >= 0.3 is 0 Å². The molecule has 5 heteroatoms. The number of rotatable bonds is 5. The molecule has 1 aliphatic heterocycles. The Labute approximate surface area is 181 Å². The summed E-state index contributed by atoms with van der Waals surface area (Å²) < 4.78 is 11.2. The van der Waals surface area contributed by atoms with E-state index in [9.17, 15) is 9.59 Å². The van der Waals surface area contributed by atoms with Gasteiger partial charge in [0, 0.05) is 16.5 Å². The molecule has 1 fully saturated rings. The minimum absolute atomic E-state index is 0.240. The van der Waals surface area contributed by atoms with Crippen LogP contribution in [0.2, 0.25) is 0 Å². The molecule has 0 saturated carbocycles. The van der Waals surface area contributed by atoms with E-state index in [1.54, 1.807) is 7.11 Å². The molecule has 0 radical (unpaired) electrons. The van der Waals surface area contributed by atoms with Crippen LogP contribution in [-0.4, -0.2) is 23.8 Å². The van der Waals surface area contributed by atoms with Crippen molar-refractivity contribution in [3.05, 3.63) is 88.2 Å². The maximum absolute atomic E-state index is 13.2. The molecular formula is C26H25NO4. The summed E-state index contributed by atoms with van der Waals surface area (Å²) in [6.07, 6.45) is 2.33. The Morgan fingerprint density at radius 1 is 1.06 bits per heavy atom. The highest BCUT2D eigenvalue weighted by Crippen LogP contribution is 2.33. The fourth-order valence-corrected chi connectivity index (χ4v) is 4.01. The van der Waals surface area contributed by atoms with Crippen LogP contribution in [0.4, 0.5) is 0 Å². The van der Waals surface area contributed by atoms with Crippen LogP contribution >= 0.6 is 0 Å². The SMILES string of the molecule is COc1ccc2oc(C)c(CC=C3C(=O)N(Cc4ccccc4)C(=O)C3=C(C)C)c2c1. The molecule has 0 atom stereocenters. The highest BCUT2D eigenvalue weighted by atomic mass is 16.5. The minimum atomic E-state index is -0.256. The molecule has 3 aromatic rings. The van der Waals surface area contributed by atoms with Crippen molar-refractivity contribution in [2.45, 2.75) is 33.7 Å². The van der Waals surface area contributed by atoms with Crippen LogP contribution in [0.25, 0.3) is 11.0 Å². The number of hydrogen-bond acceptors (Lipinski definition) is 4. The number of carbonyl (C=O) groups is 2. The first-order chi connectivity index (χ1) is 14.9. The highest BCUT2D eigenvalue weighted by molar-refractivity contribution is 6.24. The Balaban J connectivity index is 1.70. The van der Waals surface area contributed by atoms with E-state index in [1.807, 2.05) is 75.4 Å². The Morgan fingerprint density at radius 2 is 1.81 bits per heavy atom. The molecular weight excluding hydrogens is 390 g/mol. The number of ether oxygens (including phenoxy) is 1. The number of amides is 2. The van der Waals surface area contributed by atoms with Crippen molar-refractivity contribution in [3.8, 4) is 5.75 Å². The van der Waals surface area contributed by atoms with E-state index >= 15 is 0 Å². The largest absolute Gasteiger partial charge is 0.497 e. The van der Waals surface area contributed by atoms with Crippen LogP contribution in [0, 0.1) is 6.92 Å². The van der Waals surface area contributed by atoms with Gasteiger partial charge in [-0.25, -0.2) is 0 Å². The number of furan rings is 1. The number of methoxy groups -OCH3 is 1. The monoisotopic (exact) mass is 415 g/mol. The smallest absolute Gasteiger partial charge is 0.261 e. The summed E-state index contributed by atoms with van der Waals surface area (Å²) in [4.78, 5) is 27.6. The lowest BCUT2D eigenvalue weighted by Gasteiger charge is -2.13. The molecule has 5 nitrogen and oxygen atoms in total. The number of hydrogen-bond donors (Lipinski definition) is 0. The van der Waals surface area contributed by atoms with Gasteiger partial charge in [0.05, 0.1) is 19.2 Å². The first-order valence-corrected chi connectivity index (χ1v) is 10.2. The molecule has 0 bridgehead atoms. The number of fused-ring (bicyclic) bond motifs is 1. The van der Waals surface area contributed by atoms with Gasteiger partial charge in [-0.1, -0.05) is 42.0 Å². The molecule has 31 heavy (non-hydrogen) atoms. The van der Waals surface area contributed by atoms with Gasteiger partial charge in [-0.2, -0.15) is 0 Å². The predicted molar refractivity (Wildman–Crippen MR) is 120 cm³/mol. The Bertz CT molecular complexity index is 1230. The molecule has 4 rings (SSSR count). The van der Waals surface area contributed by atoms with Gasteiger partial charge in [-0.3, -0.25) is 14.5 Å². The molecule has 0 N–H and O–H groups in total. The summed E-state index contributed by atoms with van der Waals surface area (Å²) in [5.74, 6) is 1.04. The van der Waals surface area contributed by atoms with Crippen molar-refractivity contribution in [1.82, 2.24) is 4.90 Å². The number of benzene rings is 2. The average Bonchev–Trinajstić information content (AvgIpc) is 3.20. The van der Waals surface area contributed by atoms with Crippen LogP contribution < -0.4 is 4.74 Å². The summed E-state index contributed by atoms with van der Waals surface area (Å²) >= 11 is 0. The van der Waals surface area contributed by atoms with Crippen LogP contribution in [0.15, 0.2) is 75.7 Å². The fraction of sp³-hybridized carbons (Fsp3) is 0.231. The number of likely N-dealkylation sites (tertiary alicyclic amines) is 1. The maximum atomic E-state index is 13.2. The Kier molecular flexibility index (Phi) is 5.51. The maximum Gasteiger partial charge on any atom is 0.261 e. The average molecular weight is 415 g/mol. The summed E-state index contributed by atoms with van der Waals surface area (Å²) in [6, 6.07) is 15.2. The number of carbonyl (C=O) groups excluding carboxylic acids is 2. The van der Waals surface area contributed by atoms with Gasteiger partial charge in [0.2, 0.25) is 0 Å². The number of imide groups is 1. The third-order valence-electron chi connectivity index (χ3n) is 5.60. The van der Waals surface area contributed by atoms with Crippen LogP contribution in [0.5, 0.6) is 5.75 Å². The summed E-state index contributed by atoms with van der Waals surface area (Å²) in [5.41, 5.74) is 4.45. The third-order valence-corrected chi connectivity index (χ3v) is 5.60. The minimum Gasteiger partial charge on any atom is -0.497 e. The zero-order chi connectivity index (χ0) is 22.1. The van der Waals surface area contributed by atoms with Crippen LogP contribution in [0.1, 0.15) is 30.7 Å². The van der Waals surface area contributed by atoms with Crippen molar-refractivity contribution < 1.29 is 18.7 Å². The van der Waals surface area contributed by atoms with Crippen molar-refractivity contribution in [1.29, 1.82) is 0 Å². The lowest BCUT2D eigenvalue weighted by atomic mass is 10.00. The van der Waals surface area contributed by atoms with E-state index in [1.165, 1.54) is 4.90 Å². The molecule has 2 aromatic carbocycles. The predicted octanol–water partition coefficient (Wildman–Crippen LogP) is 5.12. The molecule has 0 spiro atoms. The zero-order valence-electron chi connectivity index (χ0n) is 18.2. The van der Waals surface area contributed by atoms with Crippen molar-refractivity contribution in [3.63, 3.8) is 0 Å². The summed E-state index contributed by atoms with van der Waals surface area (Å²) in [7, 11) is 1.63. The molecule has 1 aliphatic rings. The molecule has 2 heterocycles. The van der Waals surface area contributed by atoms with E-state index in [0.717, 1.165) is 39.2 Å². The second-order valence-electron chi connectivity index (χ2n) is 7.88. The van der Waals surface area contributed by atoms with E-state index in [-0.39, 0.29) is 18.4 Å². The van der Waals surface area contributed by atoms with Crippen molar-refractivity contribution in [2.24, 2.45) is 0 Å². The lowest BCUT2D eigenvalue weighted by Crippen LogP contribution is -2.29. The first-order valence-electron chi connectivity index (χ1n) is 10.2. The second-order valence-corrected chi connectivity index (χ2v) is 7.88. The van der Waals surface area contributed by atoms with Gasteiger partial charge in [0.1, 0.15) is 17.1 Å². The number of nitrogens with zero attached hydrogens (tertiary/aromatic N) is 1. The second kappa shape index (κ2) is 8.26. The van der Waals surface area contributed by atoms with Crippen molar-refractivity contribution >= 4 is 22.8 Å². The molecule has 1 saturated heterocycles. The van der Waals surface area contributed by atoms with E-state index in [2.05, 4.69) is 0 Å². The first kappa shape index (κ1) is 20.7. The van der Waals surface area contributed by atoms with E-state index < -0.39 is 0 Å². The summed E-state index contributed by atoms with van der Waals surface area (Å²) in [6.45, 7) is 5.90. The molecule has 1 aromatic heterocycles. The third kappa shape index (κ3) is 3.79. The Morgan fingerprint density at radius 3 is 2.48 bits per heavy atom. The lowest BCUT2D eigenvalue weighted by molar-refractivity contribution is -0.137. The van der Waals surface area contributed by atoms with Gasteiger partial charge in [-0.05, 0) is 51.0 Å². The van der Waals surface area contributed by atoms with Gasteiger partial charge in [0.25, 0.3) is 11.8 Å². The molecule has 2 amide bonds. The topological polar surface area (TPSA) is 59.8 Å². The Hall–Kier alpha value is -3.60. The number of allylic oxidation sites excluding steroid dienone is 2. The fourth-order valence-electron chi connectivity index (χ4n) is 4.01. The summed E-state index contributed by atoms with van der Waals surface area (Å²) in [5, 5.41) is 0.949. The highest BCUT2D eigenvalue weighted by Gasteiger charge is 2.39. The normalized spacial score (nSPS) is 15.4. The van der Waals surface area contributed by atoms with Crippen molar-refractivity contribution in [2.75, 3.05) is 7.11 Å². The van der Waals surface area contributed by atoms with Gasteiger partial charge in [0.15, 0.2) is 0 Å². The van der Waals surface area contributed by atoms with Gasteiger partial charge < -0.3 is 9.15 Å². The molecule has 0 aliphatic carbocycles. The molecule has 158 valence electrons. The van der Waals surface area contributed by atoms with Crippen LogP contribution in [-0.2, 0) is 22.6 Å². The van der Waals surface area contributed by atoms with Crippen LogP contribution in [0.3, 0.4) is 0 Å². The number of aryl methyl sites for hydroxylation is 1. The standard InChI is InChI=1S/C26H25NO4/c1-16(2)24-21(25(28)27(26(24)29)15-18-8-6-5-7-9-18)12-11-20-17(3)31-23-13-10-19(30-4)14-22(20)23/h5-10,12-14H,11,15H2,1-4H3. The molecule has 0 unspecified atom stereocenters. The quantitative estimate of drug-likeness (QED) is 0.428. The zero-order valence-corrected chi connectivity index (χ0v) is 18.2. The van der Waals surface area contributed by atoms with E-state index in [0.29, 0.717) is 17.6 Å². The van der Waals surface area contributed by atoms with Gasteiger partial charge in [-0.15, -0.1) is 0 Å².